The zero-order valence-corrected chi connectivity index (χ0v) is 11.3. The molecule has 0 spiro atoms. The molecule has 0 aliphatic carbocycles. The van der Waals surface area contributed by atoms with Gasteiger partial charge in [-0.2, -0.15) is 0 Å². The molecule has 0 atom stereocenters. The highest BCUT2D eigenvalue weighted by molar-refractivity contribution is 6.32. The first-order valence-corrected chi connectivity index (χ1v) is 5.97. The zero-order chi connectivity index (χ0) is 15.1. The minimum Gasteiger partial charge on any atom is -0.404 e. The van der Waals surface area contributed by atoms with Gasteiger partial charge in [0.1, 0.15) is 5.02 Å². The predicted octanol–water partition coefficient (Wildman–Crippen LogP) is 4.79. The highest BCUT2D eigenvalue weighted by atomic mass is 35.5. The standard InChI is InChI=1S/C13H10ClF4NO/c1-7-3-4-8(2)19(7)9-5-6-10(11(14)12(9)15)20-13(16,17)18/h3-6H,1-2H3. The number of aromatic nitrogens is 1. The molecule has 0 bridgehead atoms. The molecule has 1 heterocycles. The smallest absolute Gasteiger partial charge is 0.404 e. The summed E-state index contributed by atoms with van der Waals surface area (Å²) in [6.07, 6.45) is -4.92. The number of hydrogen-bond donors (Lipinski definition) is 0. The largest absolute Gasteiger partial charge is 0.573 e. The third kappa shape index (κ3) is 2.75. The zero-order valence-electron chi connectivity index (χ0n) is 10.6. The molecule has 0 saturated carbocycles. The molecule has 2 nitrogen and oxygen atoms in total. The van der Waals surface area contributed by atoms with Crippen molar-refractivity contribution in [3.05, 3.63) is 46.5 Å². The third-order valence-corrected chi connectivity index (χ3v) is 3.12. The monoisotopic (exact) mass is 307 g/mol. The van der Waals surface area contributed by atoms with Crippen LogP contribution in [0, 0.1) is 19.7 Å². The second-order valence-electron chi connectivity index (χ2n) is 4.21. The molecular formula is C13H10ClF4NO. The Morgan fingerprint density at radius 1 is 1.05 bits per heavy atom. The Hall–Kier alpha value is -1.69. The Labute approximate surface area is 117 Å². The van der Waals surface area contributed by atoms with Crippen LogP contribution >= 0.6 is 11.6 Å². The average molecular weight is 308 g/mol. The van der Waals surface area contributed by atoms with E-state index in [0.29, 0.717) is 0 Å². The SMILES string of the molecule is Cc1ccc(C)n1-c1ccc(OC(F)(F)F)c(Cl)c1F. The molecule has 7 heteroatoms. The number of alkyl halides is 3. The fourth-order valence-corrected chi connectivity index (χ4v) is 2.14. The fraction of sp³-hybridized carbons (Fsp3) is 0.231. The number of aryl methyl sites for hydroxylation is 2. The summed E-state index contributed by atoms with van der Waals surface area (Å²) in [6, 6.07) is 5.72. The van der Waals surface area contributed by atoms with Gasteiger partial charge in [-0.1, -0.05) is 11.6 Å². The van der Waals surface area contributed by atoms with Crippen LogP contribution in [0.2, 0.25) is 5.02 Å². The lowest BCUT2D eigenvalue weighted by Gasteiger charge is -2.15. The van der Waals surface area contributed by atoms with E-state index in [2.05, 4.69) is 4.74 Å². The summed E-state index contributed by atoms with van der Waals surface area (Å²) in [5.74, 6) is -1.72. The normalized spacial score (nSPS) is 11.8. The van der Waals surface area contributed by atoms with Crippen LogP contribution in [0.5, 0.6) is 5.75 Å². The lowest BCUT2D eigenvalue weighted by Crippen LogP contribution is -2.17. The molecule has 0 N–H and O–H groups in total. The Balaban J connectivity index is 2.52. The lowest BCUT2D eigenvalue weighted by molar-refractivity contribution is -0.274. The van der Waals surface area contributed by atoms with Crippen LogP contribution in [0.15, 0.2) is 24.3 Å². The summed E-state index contributed by atoms with van der Waals surface area (Å²) in [7, 11) is 0. The number of benzene rings is 1. The molecule has 2 aromatic rings. The Morgan fingerprint density at radius 3 is 2.10 bits per heavy atom. The van der Waals surface area contributed by atoms with Gasteiger partial charge < -0.3 is 9.30 Å². The molecule has 108 valence electrons. The molecule has 0 radical (unpaired) electrons. The predicted molar refractivity (Wildman–Crippen MR) is 66.9 cm³/mol. The Bertz CT molecular complexity index is 629. The summed E-state index contributed by atoms with van der Waals surface area (Å²) in [6.45, 7) is 3.50. The number of halogens is 5. The van der Waals surface area contributed by atoms with Crippen molar-refractivity contribution in [2.24, 2.45) is 0 Å². The first-order chi connectivity index (χ1) is 9.20. The summed E-state index contributed by atoms with van der Waals surface area (Å²) < 4.78 is 55.8. The lowest BCUT2D eigenvalue weighted by atomic mass is 10.2. The quantitative estimate of drug-likeness (QED) is 0.728. The second-order valence-corrected chi connectivity index (χ2v) is 4.59. The molecule has 0 amide bonds. The van der Waals surface area contributed by atoms with E-state index in [1.807, 2.05) is 0 Å². The van der Waals surface area contributed by atoms with E-state index in [-0.39, 0.29) is 5.69 Å². The molecule has 0 saturated heterocycles. The van der Waals surface area contributed by atoms with Gasteiger partial charge in [-0.05, 0) is 38.1 Å². The first kappa shape index (κ1) is 14.7. The number of rotatable bonds is 2. The molecule has 0 unspecified atom stereocenters. The molecule has 2 rings (SSSR count). The van der Waals surface area contributed by atoms with Crippen molar-refractivity contribution < 1.29 is 22.3 Å². The van der Waals surface area contributed by atoms with E-state index in [0.717, 1.165) is 17.5 Å². The van der Waals surface area contributed by atoms with Gasteiger partial charge in [-0.25, -0.2) is 4.39 Å². The molecule has 0 aliphatic rings. The van der Waals surface area contributed by atoms with Crippen molar-refractivity contribution in [2.45, 2.75) is 20.2 Å². The van der Waals surface area contributed by atoms with Gasteiger partial charge in [-0.15, -0.1) is 13.2 Å². The van der Waals surface area contributed by atoms with Gasteiger partial charge >= 0.3 is 6.36 Å². The minimum atomic E-state index is -4.92. The topological polar surface area (TPSA) is 14.2 Å². The van der Waals surface area contributed by atoms with Gasteiger partial charge in [0, 0.05) is 11.4 Å². The van der Waals surface area contributed by atoms with Crippen molar-refractivity contribution >= 4 is 11.6 Å². The van der Waals surface area contributed by atoms with Gasteiger partial charge in [-0.3, -0.25) is 0 Å². The van der Waals surface area contributed by atoms with E-state index in [9.17, 15) is 17.6 Å². The van der Waals surface area contributed by atoms with Crippen LogP contribution in [0.3, 0.4) is 0 Å². The van der Waals surface area contributed by atoms with Crippen LogP contribution < -0.4 is 4.74 Å². The van der Waals surface area contributed by atoms with Crippen LogP contribution in [-0.4, -0.2) is 10.9 Å². The molecule has 1 aromatic heterocycles. The first-order valence-electron chi connectivity index (χ1n) is 5.60. The summed E-state index contributed by atoms with van der Waals surface area (Å²) in [5, 5.41) is -0.702. The van der Waals surface area contributed by atoms with Crippen molar-refractivity contribution in [1.82, 2.24) is 4.57 Å². The van der Waals surface area contributed by atoms with E-state index < -0.39 is 23.0 Å². The minimum absolute atomic E-state index is 0.0736. The van der Waals surface area contributed by atoms with Gasteiger partial charge in [0.05, 0.1) is 5.69 Å². The molecular weight excluding hydrogens is 298 g/mol. The van der Waals surface area contributed by atoms with E-state index in [1.165, 1.54) is 6.07 Å². The number of ether oxygens (including phenoxy) is 1. The van der Waals surface area contributed by atoms with Gasteiger partial charge in [0.2, 0.25) is 0 Å². The van der Waals surface area contributed by atoms with Crippen molar-refractivity contribution in [3.8, 4) is 11.4 Å². The molecule has 20 heavy (non-hydrogen) atoms. The van der Waals surface area contributed by atoms with E-state index in [4.69, 9.17) is 11.6 Å². The van der Waals surface area contributed by atoms with Crippen LogP contribution in [0.25, 0.3) is 5.69 Å². The Morgan fingerprint density at radius 2 is 1.60 bits per heavy atom. The van der Waals surface area contributed by atoms with E-state index >= 15 is 0 Å². The summed E-state index contributed by atoms with van der Waals surface area (Å²) in [4.78, 5) is 0. The van der Waals surface area contributed by atoms with E-state index in [1.54, 1.807) is 30.5 Å². The highest BCUT2D eigenvalue weighted by Gasteiger charge is 2.33. The van der Waals surface area contributed by atoms with Crippen molar-refractivity contribution in [1.29, 1.82) is 0 Å². The van der Waals surface area contributed by atoms with Crippen molar-refractivity contribution in [3.63, 3.8) is 0 Å². The maximum Gasteiger partial charge on any atom is 0.573 e. The summed E-state index contributed by atoms with van der Waals surface area (Å²) >= 11 is 5.61. The van der Waals surface area contributed by atoms with Crippen LogP contribution in [-0.2, 0) is 0 Å². The fourth-order valence-electron chi connectivity index (χ4n) is 1.95. The number of nitrogens with zero attached hydrogens (tertiary/aromatic N) is 1. The maximum absolute atomic E-state index is 14.2. The highest BCUT2D eigenvalue weighted by Crippen LogP contribution is 2.35. The van der Waals surface area contributed by atoms with Gasteiger partial charge in [0.25, 0.3) is 0 Å². The molecule has 1 aromatic carbocycles. The third-order valence-electron chi connectivity index (χ3n) is 2.76. The number of hydrogen-bond acceptors (Lipinski definition) is 1. The maximum atomic E-state index is 14.2. The van der Waals surface area contributed by atoms with Crippen LogP contribution in [0.4, 0.5) is 17.6 Å². The average Bonchev–Trinajstić information content (AvgIpc) is 2.65. The van der Waals surface area contributed by atoms with Crippen LogP contribution in [0.1, 0.15) is 11.4 Å². The second kappa shape index (κ2) is 5.01. The van der Waals surface area contributed by atoms with Gasteiger partial charge in [0.15, 0.2) is 11.6 Å². The summed E-state index contributed by atoms with van der Waals surface area (Å²) in [5.41, 5.74) is 1.55. The van der Waals surface area contributed by atoms with Crippen molar-refractivity contribution in [2.75, 3.05) is 0 Å². The Kier molecular flexibility index (Phi) is 3.69. The molecule has 0 fully saturated rings. The molecule has 0 aliphatic heterocycles.